The zero-order valence-corrected chi connectivity index (χ0v) is 10.5. The van der Waals surface area contributed by atoms with Gasteiger partial charge < -0.3 is 15.5 Å². The Morgan fingerprint density at radius 3 is 2.88 bits per heavy atom. The number of amides is 1. The minimum absolute atomic E-state index is 0.0839. The van der Waals surface area contributed by atoms with Crippen LogP contribution in [0.15, 0.2) is 10.5 Å². The highest BCUT2D eigenvalue weighted by Crippen LogP contribution is 2.31. The first-order valence-corrected chi connectivity index (χ1v) is 6.25. The highest BCUT2D eigenvalue weighted by atomic mass is 16.4. The molecule has 2 rings (SSSR count). The van der Waals surface area contributed by atoms with Crippen molar-refractivity contribution < 1.29 is 9.21 Å². The van der Waals surface area contributed by atoms with Crippen LogP contribution in [0.25, 0.3) is 0 Å². The Kier molecular flexibility index (Phi) is 3.52. The molecule has 0 aromatic carbocycles. The van der Waals surface area contributed by atoms with Gasteiger partial charge in [0.25, 0.3) is 5.91 Å². The molecule has 0 bridgehead atoms. The molecule has 1 atom stereocenters. The van der Waals surface area contributed by atoms with Crippen molar-refractivity contribution in [2.24, 2.45) is 11.7 Å². The van der Waals surface area contributed by atoms with Crippen molar-refractivity contribution in [3.05, 3.63) is 23.2 Å². The molecule has 1 saturated carbocycles. The second kappa shape index (κ2) is 4.92. The third kappa shape index (κ3) is 2.88. The lowest BCUT2D eigenvalue weighted by Gasteiger charge is -2.10. The Hall–Kier alpha value is -1.29. The summed E-state index contributed by atoms with van der Waals surface area (Å²) in [4.78, 5) is 11.8. The largest absolute Gasteiger partial charge is 0.456 e. The van der Waals surface area contributed by atoms with Crippen LogP contribution < -0.4 is 11.1 Å². The number of hydrogen-bond acceptors (Lipinski definition) is 3. The number of carbonyl (C=O) groups is 1. The zero-order valence-electron chi connectivity index (χ0n) is 10.5. The summed E-state index contributed by atoms with van der Waals surface area (Å²) in [7, 11) is 0. The molecule has 1 fully saturated rings. The maximum Gasteiger partial charge on any atom is 0.287 e. The normalized spacial score (nSPS) is 16.9. The van der Waals surface area contributed by atoms with E-state index in [4.69, 9.17) is 10.2 Å². The van der Waals surface area contributed by atoms with E-state index in [9.17, 15) is 4.79 Å². The van der Waals surface area contributed by atoms with Crippen molar-refractivity contribution in [2.45, 2.75) is 39.2 Å². The van der Waals surface area contributed by atoms with E-state index in [1.807, 2.05) is 13.8 Å². The minimum Gasteiger partial charge on any atom is -0.456 e. The quantitative estimate of drug-likeness (QED) is 0.816. The molecule has 1 aliphatic rings. The summed E-state index contributed by atoms with van der Waals surface area (Å²) in [6.07, 6.45) is 3.19. The molecule has 1 aromatic rings. The Morgan fingerprint density at radius 2 is 2.35 bits per heavy atom. The molecule has 1 heterocycles. The van der Waals surface area contributed by atoms with Gasteiger partial charge in [0.15, 0.2) is 5.76 Å². The number of hydrogen-bond donors (Lipinski definition) is 2. The monoisotopic (exact) mass is 236 g/mol. The van der Waals surface area contributed by atoms with Crippen LogP contribution in [0, 0.1) is 12.8 Å². The third-order valence-corrected chi connectivity index (χ3v) is 3.29. The van der Waals surface area contributed by atoms with E-state index in [0.717, 1.165) is 17.7 Å². The Balaban J connectivity index is 1.89. The average Bonchev–Trinajstić information content (AvgIpc) is 3.09. The zero-order chi connectivity index (χ0) is 12.4. The Bertz CT molecular complexity index is 408. The predicted octanol–water partition coefficient (Wildman–Crippen LogP) is 1.62. The lowest BCUT2D eigenvalue weighted by Crippen LogP contribution is -2.38. The number of carbonyl (C=O) groups excluding carboxylic acids is 1. The van der Waals surface area contributed by atoms with Crippen LogP contribution in [0.4, 0.5) is 0 Å². The topological polar surface area (TPSA) is 68.3 Å². The molecule has 1 amide bonds. The molecule has 94 valence electrons. The summed E-state index contributed by atoms with van der Waals surface area (Å²) >= 11 is 0. The summed E-state index contributed by atoms with van der Waals surface area (Å²) in [6, 6.07) is 1.87. The number of furan rings is 1. The molecule has 1 aromatic heterocycles. The van der Waals surface area contributed by atoms with Gasteiger partial charge in [-0.25, -0.2) is 0 Å². The van der Waals surface area contributed by atoms with Gasteiger partial charge in [0, 0.05) is 19.0 Å². The van der Waals surface area contributed by atoms with Crippen LogP contribution in [0.3, 0.4) is 0 Å². The van der Waals surface area contributed by atoms with Crippen molar-refractivity contribution >= 4 is 5.91 Å². The standard InChI is InChI=1S/C13H20N2O2/c1-3-11-8(2)6-12(17-11)13(16)15-7-10(14)9-4-5-9/h6,9-10H,3-5,7,14H2,1-2H3,(H,15,16). The van der Waals surface area contributed by atoms with Gasteiger partial charge in [-0.1, -0.05) is 6.92 Å². The van der Waals surface area contributed by atoms with Gasteiger partial charge in [-0.15, -0.1) is 0 Å². The van der Waals surface area contributed by atoms with Crippen LogP contribution in [-0.4, -0.2) is 18.5 Å². The number of rotatable bonds is 5. The number of aryl methyl sites for hydroxylation is 2. The van der Waals surface area contributed by atoms with Gasteiger partial charge in [-0.05, 0) is 37.3 Å². The highest BCUT2D eigenvalue weighted by molar-refractivity contribution is 5.91. The van der Waals surface area contributed by atoms with Gasteiger partial charge in [-0.3, -0.25) is 4.79 Å². The van der Waals surface area contributed by atoms with E-state index in [0.29, 0.717) is 18.2 Å². The van der Waals surface area contributed by atoms with Crippen LogP contribution in [0.5, 0.6) is 0 Å². The summed E-state index contributed by atoms with van der Waals surface area (Å²) in [6.45, 7) is 4.50. The van der Waals surface area contributed by atoms with Gasteiger partial charge in [0.05, 0.1) is 0 Å². The summed E-state index contributed by atoms with van der Waals surface area (Å²) in [5, 5.41) is 2.83. The molecular weight excluding hydrogens is 216 g/mol. The molecule has 3 N–H and O–H groups in total. The smallest absolute Gasteiger partial charge is 0.287 e. The molecule has 1 aliphatic carbocycles. The van der Waals surface area contributed by atoms with E-state index >= 15 is 0 Å². The second-order valence-corrected chi connectivity index (χ2v) is 4.78. The van der Waals surface area contributed by atoms with Crippen LogP contribution in [-0.2, 0) is 6.42 Å². The first-order valence-electron chi connectivity index (χ1n) is 6.25. The van der Waals surface area contributed by atoms with Crippen molar-refractivity contribution in [1.29, 1.82) is 0 Å². The van der Waals surface area contributed by atoms with Crippen molar-refractivity contribution in [3.8, 4) is 0 Å². The molecule has 0 radical (unpaired) electrons. The predicted molar refractivity (Wildman–Crippen MR) is 65.9 cm³/mol. The third-order valence-electron chi connectivity index (χ3n) is 3.29. The first-order chi connectivity index (χ1) is 8.11. The number of nitrogens with one attached hydrogen (secondary N) is 1. The van der Waals surface area contributed by atoms with Crippen molar-refractivity contribution in [2.75, 3.05) is 6.54 Å². The fraction of sp³-hybridized carbons (Fsp3) is 0.615. The lowest BCUT2D eigenvalue weighted by molar-refractivity contribution is 0.0921. The van der Waals surface area contributed by atoms with Gasteiger partial charge in [0.2, 0.25) is 0 Å². The maximum atomic E-state index is 11.8. The molecule has 0 spiro atoms. The SMILES string of the molecule is CCc1oc(C(=O)NCC(N)C2CC2)cc1C. The molecular formula is C13H20N2O2. The number of nitrogens with two attached hydrogens (primary N) is 1. The molecule has 4 heteroatoms. The molecule has 1 unspecified atom stereocenters. The van der Waals surface area contributed by atoms with Crippen LogP contribution in [0.1, 0.15) is 41.6 Å². The van der Waals surface area contributed by atoms with Crippen LogP contribution >= 0.6 is 0 Å². The Morgan fingerprint density at radius 1 is 1.65 bits per heavy atom. The van der Waals surface area contributed by atoms with E-state index in [1.54, 1.807) is 6.07 Å². The first kappa shape index (κ1) is 12.2. The van der Waals surface area contributed by atoms with Gasteiger partial charge >= 0.3 is 0 Å². The van der Waals surface area contributed by atoms with Gasteiger partial charge in [-0.2, -0.15) is 0 Å². The molecule has 0 saturated heterocycles. The van der Waals surface area contributed by atoms with Crippen molar-refractivity contribution in [1.82, 2.24) is 5.32 Å². The molecule has 17 heavy (non-hydrogen) atoms. The Labute approximate surface area is 102 Å². The fourth-order valence-electron chi connectivity index (χ4n) is 1.97. The minimum atomic E-state index is -0.163. The fourth-order valence-corrected chi connectivity index (χ4v) is 1.97. The summed E-state index contributed by atoms with van der Waals surface area (Å²) < 4.78 is 5.48. The molecule has 4 nitrogen and oxygen atoms in total. The maximum absolute atomic E-state index is 11.8. The van der Waals surface area contributed by atoms with E-state index in [-0.39, 0.29) is 11.9 Å². The highest BCUT2D eigenvalue weighted by Gasteiger charge is 2.28. The van der Waals surface area contributed by atoms with Crippen LogP contribution in [0.2, 0.25) is 0 Å². The van der Waals surface area contributed by atoms with E-state index in [2.05, 4.69) is 5.32 Å². The van der Waals surface area contributed by atoms with E-state index in [1.165, 1.54) is 12.8 Å². The lowest BCUT2D eigenvalue weighted by atomic mass is 10.2. The molecule has 0 aliphatic heterocycles. The average molecular weight is 236 g/mol. The summed E-state index contributed by atoms with van der Waals surface area (Å²) in [5.41, 5.74) is 6.95. The van der Waals surface area contributed by atoms with E-state index < -0.39 is 0 Å². The van der Waals surface area contributed by atoms with Gasteiger partial charge in [0.1, 0.15) is 5.76 Å². The second-order valence-electron chi connectivity index (χ2n) is 4.78. The van der Waals surface area contributed by atoms with Crippen molar-refractivity contribution in [3.63, 3.8) is 0 Å². The summed E-state index contributed by atoms with van der Waals surface area (Å²) in [5.74, 6) is 1.70.